The number of rotatable bonds is 7. The number of nitrogens with one attached hydrogen (secondary N) is 1. The van der Waals surface area contributed by atoms with E-state index in [1.165, 1.54) is 40.4 Å². The minimum Gasteiger partial charge on any atom is -0.497 e. The Bertz CT molecular complexity index is 865. The van der Waals surface area contributed by atoms with E-state index in [0.717, 1.165) is 0 Å². The predicted molar refractivity (Wildman–Crippen MR) is 105 cm³/mol. The highest BCUT2D eigenvalue weighted by Gasteiger charge is 2.23. The number of esters is 1. The van der Waals surface area contributed by atoms with E-state index in [4.69, 9.17) is 36.3 Å². The summed E-state index contributed by atoms with van der Waals surface area (Å²) < 4.78 is 20.7. The molecule has 2 rings (SSSR count). The third kappa shape index (κ3) is 4.98. The maximum Gasteiger partial charge on any atom is 0.342 e. The molecular formula is C19H21ClN2O6. The highest BCUT2D eigenvalue weighted by Crippen LogP contribution is 2.30. The topological polar surface area (TPSA) is 109 Å². The first-order valence-corrected chi connectivity index (χ1v) is 8.54. The smallest absolute Gasteiger partial charge is 0.342 e. The molecule has 1 unspecified atom stereocenters. The maximum atomic E-state index is 12.4. The molecule has 0 spiro atoms. The van der Waals surface area contributed by atoms with Gasteiger partial charge in [-0.25, -0.2) is 4.79 Å². The SMILES string of the molecule is COc1cc(NC(=O)C(C)OC(=O)c2cc(Cl)c(N)cc2OC)cc(OC)c1. The van der Waals surface area contributed by atoms with Crippen LogP contribution in [-0.2, 0) is 9.53 Å². The van der Waals surface area contributed by atoms with Crippen molar-refractivity contribution in [3.8, 4) is 17.2 Å². The fourth-order valence-electron chi connectivity index (χ4n) is 2.30. The Labute approximate surface area is 167 Å². The zero-order valence-electron chi connectivity index (χ0n) is 15.9. The molecule has 28 heavy (non-hydrogen) atoms. The normalized spacial score (nSPS) is 11.3. The van der Waals surface area contributed by atoms with Crippen LogP contribution in [0.2, 0.25) is 5.02 Å². The van der Waals surface area contributed by atoms with Crippen molar-refractivity contribution in [1.29, 1.82) is 0 Å². The summed E-state index contributed by atoms with van der Waals surface area (Å²) in [5, 5.41) is 2.82. The number of carbonyl (C=O) groups excluding carboxylic acids is 2. The molecule has 9 heteroatoms. The van der Waals surface area contributed by atoms with Crippen LogP contribution in [0.5, 0.6) is 17.2 Å². The summed E-state index contributed by atoms with van der Waals surface area (Å²) >= 11 is 5.96. The first kappa shape index (κ1) is 21.2. The monoisotopic (exact) mass is 408 g/mol. The van der Waals surface area contributed by atoms with Crippen molar-refractivity contribution in [2.45, 2.75) is 13.0 Å². The molecule has 0 aromatic heterocycles. The van der Waals surface area contributed by atoms with Gasteiger partial charge in [0.05, 0.1) is 32.0 Å². The first-order valence-electron chi connectivity index (χ1n) is 8.17. The van der Waals surface area contributed by atoms with Gasteiger partial charge in [0, 0.05) is 30.0 Å². The van der Waals surface area contributed by atoms with Crippen molar-refractivity contribution < 1.29 is 28.5 Å². The molecule has 0 radical (unpaired) electrons. The number of hydrogen-bond donors (Lipinski definition) is 2. The van der Waals surface area contributed by atoms with Gasteiger partial charge in [0.25, 0.3) is 5.91 Å². The molecule has 0 aliphatic rings. The summed E-state index contributed by atoms with van der Waals surface area (Å²) in [4.78, 5) is 24.8. The van der Waals surface area contributed by atoms with Crippen LogP contribution in [-0.4, -0.2) is 39.3 Å². The van der Waals surface area contributed by atoms with Gasteiger partial charge in [-0.05, 0) is 13.0 Å². The molecule has 0 heterocycles. The third-order valence-corrected chi connectivity index (χ3v) is 4.14. The van der Waals surface area contributed by atoms with Crippen LogP contribution < -0.4 is 25.3 Å². The maximum absolute atomic E-state index is 12.4. The Morgan fingerprint density at radius 1 is 1.00 bits per heavy atom. The van der Waals surface area contributed by atoms with E-state index in [1.807, 2.05) is 0 Å². The van der Waals surface area contributed by atoms with Crippen LogP contribution in [0.4, 0.5) is 11.4 Å². The van der Waals surface area contributed by atoms with Crippen molar-refractivity contribution in [2.75, 3.05) is 32.4 Å². The molecule has 3 N–H and O–H groups in total. The van der Waals surface area contributed by atoms with Crippen LogP contribution in [0.15, 0.2) is 30.3 Å². The van der Waals surface area contributed by atoms with E-state index in [0.29, 0.717) is 17.2 Å². The van der Waals surface area contributed by atoms with Gasteiger partial charge in [-0.1, -0.05) is 11.6 Å². The number of nitrogens with two attached hydrogens (primary N) is 1. The van der Waals surface area contributed by atoms with Crippen molar-refractivity contribution in [1.82, 2.24) is 0 Å². The highest BCUT2D eigenvalue weighted by atomic mass is 35.5. The lowest BCUT2D eigenvalue weighted by Gasteiger charge is -2.16. The van der Waals surface area contributed by atoms with Crippen molar-refractivity contribution >= 4 is 34.9 Å². The lowest BCUT2D eigenvalue weighted by molar-refractivity contribution is -0.123. The minimum atomic E-state index is -1.09. The number of methoxy groups -OCH3 is 3. The molecule has 8 nitrogen and oxygen atoms in total. The van der Waals surface area contributed by atoms with E-state index in [9.17, 15) is 9.59 Å². The second kappa shape index (κ2) is 9.18. The third-order valence-electron chi connectivity index (χ3n) is 3.81. The number of amides is 1. The van der Waals surface area contributed by atoms with Crippen LogP contribution in [0.3, 0.4) is 0 Å². The van der Waals surface area contributed by atoms with Gasteiger partial charge < -0.3 is 30.0 Å². The van der Waals surface area contributed by atoms with Gasteiger partial charge in [0.1, 0.15) is 22.8 Å². The molecule has 0 saturated carbocycles. The predicted octanol–water partition coefficient (Wildman–Crippen LogP) is 3.13. The van der Waals surface area contributed by atoms with E-state index < -0.39 is 18.0 Å². The van der Waals surface area contributed by atoms with E-state index in [1.54, 1.807) is 18.2 Å². The van der Waals surface area contributed by atoms with Crippen molar-refractivity contribution in [2.24, 2.45) is 0 Å². The summed E-state index contributed by atoms with van der Waals surface area (Å²) in [5.41, 5.74) is 6.44. The molecule has 2 aromatic carbocycles. The number of halogens is 1. The molecule has 0 aliphatic carbocycles. The fraction of sp³-hybridized carbons (Fsp3) is 0.263. The summed E-state index contributed by atoms with van der Waals surface area (Å²) in [7, 11) is 4.37. The molecule has 1 amide bonds. The van der Waals surface area contributed by atoms with Gasteiger partial charge in [-0.2, -0.15) is 0 Å². The van der Waals surface area contributed by atoms with Crippen LogP contribution >= 0.6 is 11.6 Å². The molecule has 2 aromatic rings. The molecular weight excluding hydrogens is 388 g/mol. The average molecular weight is 409 g/mol. The van der Waals surface area contributed by atoms with E-state index in [-0.39, 0.29) is 22.0 Å². The summed E-state index contributed by atoms with van der Waals surface area (Å²) in [5.74, 6) is -0.119. The molecule has 1 atom stereocenters. The average Bonchev–Trinajstić information content (AvgIpc) is 2.68. The number of ether oxygens (including phenoxy) is 4. The van der Waals surface area contributed by atoms with Gasteiger partial charge in [0.15, 0.2) is 6.10 Å². The zero-order chi connectivity index (χ0) is 20.8. The number of nitrogen functional groups attached to an aromatic ring is 1. The molecule has 0 saturated heterocycles. The first-order chi connectivity index (χ1) is 13.3. The van der Waals surface area contributed by atoms with Gasteiger partial charge in [0.2, 0.25) is 0 Å². The van der Waals surface area contributed by atoms with E-state index in [2.05, 4.69) is 5.32 Å². The summed E-state index contributed by atoms with van der Waals surface area (Å²) in [6, 6.07) is 7.62. The Morgan fingerprint density at radius 2 is 1.61 bits per heavy atom. The fourth-order valence-corrected chi connectivity index (χ4v) is 2.46. The summed E-state index contributed by atoms with van der Waals surface area (Å²) in [6.45, 7) is 1.44. The molecule has 150 valence electrons. The van der Waals surface area contributed by atoms with Gasteiger partial charge >= 0.3 is 5.97 Å². The van der Waals surface area contributed by atoms with Crippen molar-refractivity contribution in [3.63, 3.8) is 0 Å². The van der Waals surface area contributed by atoms with Crippen molar-refractivity contribution in [3.05, 3.63) is 40.9 Å². The second-order valence-corrected chi connectivity index (χ2v) is 6.12. The number of anilines is 2. The lowest BCUT2D eigenvalue weighted by Crippen LogP contribution is -2.30. The Morgan fingerprint density at radius 3 is 2.14 bits per heavy atom. The minimum absolute atomic E-state index is 0.0596. The standard InChI is InChI=1S/C19H21ClN2O6/c1-10(18(23)22-11-5-12(25-2)7-13(6-11)26-3)28-19(24)14-8-15(20)16(21)9-17(14)27-4/h5-10H,21H2,1-4H3,(H,22,23). The number of carbonyl (C=O) groups is 2. The lowest BCUT2D eigenvalue weighted by atomic mass is 10.2. The largest absolute Gasteiger partial charge is 0.497 e. The summed E-state index contributed by atoms with van der Waals surface area (Å²) in [6.07, 6.45) is -1.09. The quantitative estimate of drug-likeness (QED) is 0.535. The Hall–Kier alpha value is -3.13. The number of hydrogen-bond acceptors (Lipinski definition) is 7. The van der Waals surface area contributed by atoms with Crippen LogP contribution in [0, 0.1) is 0 Å². The van der Waals surface area contributed by atoms with Crippen LogP contribution in [0.25, 0.3) is 0 Å². The zero-order valence-corrected chi connectivity index (χ0v) is 16.6. The van der Waals surface area contributed by atoms with E-state index >= 15 is 0 Å². The van der Waals surface area contributed by atoms with Gasteiger partial charge in [-0.3, -0.25) is 4.79 Å². The molecule has 0 aliphatic heterocycles. The highest BCUT2D eigenvalue weighted by molar-refractivity contribution is 6.33. The van der Waals surface area contributed by atoms with Gasteiger partial charge in [-0.15, -0.1) is 0 Å². The second-order valence-electron chi connectivity index (χ2n) is 5.71. The van der Waals surface area contributed by atoms with Crippen LogP contribution in [0.1, 0.15) is 17.3 Å². The Kier molecular flexibility index (Phi) is 6.94. The Balaban J connectivity index is 2.12. The molecule has 0 bridgehead atoms. The number of benzene rings is 2. The molecule has 0 fully saturated rings.